The van der Waals surface area contributed by atoms with Gasteiger partial charge in [0.05, 0.1) is 0 Å². The zero-order chi connectivity index (χ0) is 11.3. The molecule has 0 bridgehead atoms. The molecule has 2 unspecified atom stereocenters. The topological polar surface area (TPSA) is 46.5 Å². The number of ketones is 1. The Kier molecular flexibility index (Phi) is 4.46. The van der Waals surface area contributed by atoms with Gasteiger partial charge >= 0.3 is 0 Å². The number of aliphatic hydroxyl groups is 1. The maximum absolute atomic E-state index is 11.9. The van der Waals surface area contributed by atoms with E-state index >= 15 is 0 Å². The summed E-state index contributed by atoms with van der Waals surface area (Å²) in [7, 11) is 1.48. The van der Waals surface area contributed by atoms with Crippen LogP contribution in [0, 0.1) is 5.92 Å². The number of Topliss-reactive ketones (excluding diaryl/α,β-unsaturated/α-hetero) is 1. The van der Waals surface area contributed by atoms with Gasteiger partial charge in [0.15, 0.2) is 5.78 Å². The van der Waals surface area contributed by atoms with Crippen LogP contribution in [0.3, 0.4) is 0 Å². The monoisotopic (exact) mass is 208 g/mol. The van der Waals surface area contributed by atoms with Crippen LogP contribution in [0.1, 0.15) is 17.3 Å². The van der Waals surface area contributed by atoms with E-state index in [4.69, 9.17) is 9.84 Å². The number of hydrogen-bond donors (Lipinski definition) is 1. The summed E-state index contributed by atoms with van der Waals surface area (Å²) in [5, 5.41) is 9.00. The van der Waals surface area contributed by atoms with Crippen molar-refractivity contribution in [1.29, 1.82) is 0 Å². The first-order valence-electron chi connectivity index (χ1n) is 4.93. The van der Waals surface area contributed by atoms with Gasteiger partial charge in [-0.3, -0.25) is 4.79 Å². The summed E-state index contributed by atoms with van der Waals surface area (Å²) < 4.78 is 5.11. The second kappa shape index (κ2) is 5.63. The smallest absolute Gasteiger partial charge is 0.191 e. The van der Waals surface area contributed by atoms with Gasteiger partial charge < -0.3 is 9.84 Å². The molecule has 0 fully saturated rings. The first-order chi connectivity index (χ1) is 7.20. The number of aliphatic hydroxyl groups excluding tert-OH is 1. The molecule has 0 amide bonds. The van der Waals surface area contributed by atoms with Gasteiger partial charge in [0, 0.05) is 25.2 Å². The Morgan fingerprint density at radius 3 is 2.47 bits per heavy atom. The summed E-state index contributed by atoms with van der Waals surface area (Å²) in [6.45, 7) is 1.73. The number of benzene rings is 1. The highest BCUT2D eigenvalue weighted by Crippen LogP contribution is 2.13. The van der Waals surface area contributed by atoms with Crippen LogP contribution in [0.5, 0.6) is 0 Å². The molecule has 1 N–H and O–H groups in total. The third-order valence-corrected chi connectivity index (χ3v) is 2.38. The molecular formula is C12H16O3. The van der Waals surface area contributed by atoms with Crippen molar-refractivity contribution >= 4 is 5.78 Å². The lowest BCUT2D eigenvalue weighted by Crippen LogP contribution is -2.32. The van der Waals surface area contributed by atoms with E-state index in [2.05, 4.69) is 0 Å². The van der Waals surface area contributed by atoms with Crippen LogP contribution in [0.2, 0.25) is 0 Å². The number of methoxy groups -OCH3 is 1. The SMILES string of the molecule is COC(C(=O)c1ccccc1)C(C)CO. The van der Waals surface area contributed by atoms with E-state index in [1.54, 1.807) is 19.1 Å². The summed E-state index contributed by atoms with van der Waals surface area (Å²) in [5.74, 6) is -0.276. The van der Waals surface area contributed by atoms with Gasteiger partial charge in [-0.2, -0.15) is 0 Å². The second-order valence-electron chi connectivity index (χ2n) is 3.55. The lowest BCUT2D eigenvalue weighted by atomic mass is 9.97. The Morgan fingerprint density at radius 1 is 1.40 bits per heavy atom. The molecule has 0 aliphatic rings. The van der Waals surface area contributed by atoms with E-state index in [0.717, 1.165) is 0 Å². The van der Waals surface area contributed by atoms with Crippen molar-refractivity contribution in [3.63, 3.8) is 0 Å². The van der Waals surface area contributed by atoms with Gasteiger partial charge in [0.2, 0.25) is 0 Å². The van der Waals surface area contributed by atoms with Crippen molar-refractivity contribution in [3.05, 3.63) is 35.9 Å². The fourth-order valence-corrected chi connectivity index (χ4v) is 1.46. The lowest BCUT2D eigenvalue weighted by molar-refractivity contribution is 0.0299. The predicted molar refractivity (Wildman–Crippen MR) is 57.8 cm³/mol. The molecule has 0 aromatic heterocycles. The molecule has 82 valence electrons. The third kappa shape index (κ3) is 2.88. The Labute approximate surface area is 89.7 Å². The van der Waals surface area contributed by atoms with Gasteiger partial charge in [-0.1, -0.05) is 37.3 Å². The van der Waals surface area contributed by atoms with Crippen molar-refractivity contribution in [1.82, 2.24) is 0 Å². The number of carbonyl (C=O) groups excluding carboxylic acids is 1. The summed E-state index contributed by atoms with van der Waals surface area (Å²) in [6.07, 6.45) is -0.572. The minimum Gasteiger partial charge on any atom is -0.396 e. The molecule has 1 aromatic rings. The van der Waals surface area contributed by atoms with E-state index < -0.39 is 6.10 Å². The highest BCUT2D eigenvalue weighted by molar-refractivity contribution is 5.99. The summed E-state index contributed by atoms with van der Waals surface area (Å²) in [4.78, 5) is 11.9. The molecule has 0 aliphatic carbocycles. The molecule has 1 rings (SSSR count). The molecule has 0 saturated heterocycles. The van der Waals surface area contributed by atoms with Crippen LogP contribution < -0.4 is 0 Å². The van der Waals surface area contributed by atoms with Crippen LogP contribution in [-0.2, 0) is 4.74 Å². The molecule has 1 aromatic carbocycles. The maximum Gasteiger partial charge on any atom is 0.191 e. The molecule has 0 saturated carbocycles. The van der Waals surface area contributed by atoms with Crippen LogP contribution in [0.25, 0.3) is 0 Å². The van der Waals surface area contributed by atoms with Gasteiger partial charge in [0.1, 0.15) is 6.10 Å². The van der Waals surface area contributed by atoms with Gasteiger partial charge in [0.25, 0.3) is 0 Å². The van der Waals surface area contributed by atoms with E-state index in [0.29, 0.717) is 5.56 Å². The van der Waals surface area contributed by atoms with E-state index in [1.807, 2.05) is 18.2 Å². The number of carbonyl (C=O) groups is 1. The zero-order valence-corrected chi connectivity index (χ0v) is 9.01. The molecule has 0 radical (unpaired) electrons. The Balaban J connectivity index is 2.83. The molecule has 2 atom stereocenters. The van der Waals surface area contributed by atoms with Crippen LogP contribution in [0.4, 0.5) is 0 Å². The Morgan fingerprint density at radius 2 is 2.00 bits per heavy atom. The average Bonchev–Trinajstić information content (AvgIpc) is 2.30. The van der Waals surface area contributed by atoms with Crippen LogP contribution in [0.15, 0.2) is 30.3 Å². The Bertz CT molecular complexity index is 308. The molecule has 0 aliphatic heterocycles. The fraction of sp³-hybridized carbons (Fsp3) is 0.417. The molecule has 3 heteroatoms. The largest absolute Gasteiger partial charge is 0.396 e. The maximum atomic E-state index is 11.9. The number of ether oxygens (including phenoxy) is 1. The van der Waals surface area contributed by atoms with E-state index in [-0.39, 0.29) is 18.3 Å². The quantitative estimate of drug-likeness (QED) is 0.746. The fourth-order valence-electron chi connectivity index (χ4n) is 1.46. The molecule has 3 nitrogen and oxygen atoms in total. The van der Waals surface area contributed by atoms with E-state index in [9.17, 15) is 4.79 Å². The number of hydrogen-bond acceptors (Lipinski definition) is 3. The minimum atomic E-state index is -0.572. The van der Waals surface area contributed by atoms with Crippen molar-refractivity contribution in [2.75, 3.05) is 13.7 Å². The first-order valence-corrected chi connectivity index (χ1v) is 4.93. The van der Waals surface area contributed by atoms with Gasteiger partial charge in [-0.15, -0.1) is 0 Å². The van der Waals surface area contributed by atoms with Gasteiger partial charge in [-0.25, -0.2) is 0 Å². The minimum absolute atomic E-state index is 0.0585. The molecular weight excluding hydrogens is 192 g/mol. The highest BCUT2D eigenvalue weighted by atomic mass is 16.5. The summed E-state index contributed by atoms with van der Waals surface area (Å²) in [5.41, 5.74) is 0.615. The van der Waals surface area contributed by atoms with Crippen molar-refractivity contribution < 1.29 is 14.6 Å². The van der Waals surface area contributed by atoms with Crippen molar-refractivity contribution in [2.45, 2.75) is 13.0 Å². The predicted octanol–water partition coefficient (Wildman–Crippen LogP) is 1.51. The molecule has 15 heavy (non-hydrogen) atoms. The normalized spacial score (nSPS) is 14.6. The standard InChI is InChI=1S/C12H16O3/c1-9(8-13)12(15-2)11(14)10-6-4-3-5-7-10/h3-7,9,12-13H,8H2,1-2H3. The Hall–Kier alpha value is -1.19. The van der Waals surface area contributed by atoms with Crippen LogP contribution >= 0.6 is 0 Å². The first kappa shape index (κ1) is 11.9. The summed E-state index contributed by atoms with van der Waals surface area (Å²) in [6, 6.07) is 8.97. The van der Waals surface area contributed by atoms with Crippen molar-refractivity contribution in [3.8, 4) is 0 Å². The zero-order valence-electron chi connectivity index (χ0n) is 9.01. The van der Waals surface area contributed by atoms with E-state index in [1.165, 1.54) is 7.11 Å². The molecule has 0 heterocycles. The second-order valence-corrected chi connectivity index (χ2v) is 3.55. The van der Waals surface area contributed by atoms with Gasteiger partial charge in [-0.05, 0) is 0 Å². The van der Waals surface area contributed by atoms with Crippen LogP contribution in [-0.4, -0.2) is 30.7 Å². The number of rotatable bonds is 5. The third-order valence-electron chi connectivity index (χ3n) is 2.38. The lowest BCUT2D eigenvalue weighted by Gasteiger charge is -2.19. The highest BCUT2D eigenvalue weighted by Gasteiger charge is 2.24. The molecule has 0 spiro atoms. The van der Waals surface area contributed by atoms with Crippen molar-refractivity contribution in [2.24, 2.45) is 5.92 Å². The average molecular weight is 208 g/mol. The summed E-state index contributed by atoms with van der Waals surface area (Å²) >= 11 is 0.